The fourth-order valence-corrected chi connectivity index (χ4v) is 3.43. The van der Waals surface area contributed by atoms with Gasteiger partial charge in [0.25, 0.3) is 0 Å². The van der Waals surface area contributed by atoms with Gasteiger partial charge >= 0.3 is 5.97 Å². The van der Waals surface area contributed by atoms with Crippen molar-refractivity contribution in [3.05, 3.63) is 48.0 Å². The lowest BCUT2D eigenvalue weighted by Gasteiger charge is -2.21. The van der Waals surface area contributed by atoms with E-state index in [-0.39, 0.29) is 18.0 Å². The molecule has 1 heterocycles. The lowest BCUT2D eigenvalue weighted by molar-refractivity contribution is -0.146. The highest BCUT2D eigenvalue weighted by molar-refractivity contribution is 5.91. The fraction of sp³-hybridized carbons (Fsp3) is 0.476. The Morgan fingerprint density at radius 2 is 2.04 bits per heavy atom. The van der Waals surface area contributed by atoms with E-state index in [2.05, 4.69) is 24.3 Å². The molecule has 3 rings (SSSR count). The van der Waals surface area contributed by atoms with E-state index >= 15 is 0 Å². The number of esters is 1. The monoisotopic (exact) mass is 341 g/mol. The Kier molecular flexibility index (Phi) is 6.05. The van der Waals surface area contributed by atoms with Gasteiger partial charge in [0.1, 0.15) is 6.61 Å². The first-order valence-corrected chi connectivity index (χ1v) is 9.06. The van der Waals surface area contributed by atoms with Gasteiger partial charge in [0, 0.05) is 13.2 Å². The molecule has 0 aromatic heterocycles. The van der Waals surface area contributed by atoms with Crippen LogP contribution in [0.4, 0.5) is 0 Å². The third-order valence-corrected chi connectivity index (χ3v) is 4.79. The normalized spacial score (nSPS) is 18.6. The minimum absolute atomic E-state index is 0.144. The first-order chi connectivity index (χ1) is 12.1. The van der Waals surface area contributed by atoms with Crippen LogP contribution in [-0.4, -0.2) is 50.8 Å². The predicted molar refractivity (Wildman–Crippen MR) is 99.8 cm³/mol. The first kappa shape index (κ1) is 17.9. The highest BCUT2D eigenvalue weighted by atomic mass is 16.5. The van der Waals surface area contributed by atoms with Gasteiger partial charge in [-0.05, 0) is 49.7 Å². The van der Waals surface area contributed by atoms with E-state index in [1.165, 1.54) is 0 Å². The topological polar surface area (TPSA) is 38.8 Å². The second-order valence-corrected chi connectivity index (χ2v) is 6.96. The highest BCUT2D eigenvalue weighted by Crippen LogP contribution is 2.32. The van der Waals surface area contributed by atoms with Crippen molar-refractivity contribution in [1.29, 1.82) is 0 Å². The van der Waals surface area contributed by atoms with Crippen LogP contribution in [0.25, 0.3) is 10.8 Å². The molecule has 0 saturated carbocycles. The molecular formula is C21H27NO3. The summed E-state index contributed by atoms with van der Waals surface area (Å²) in [4.78, 5) is 14.9. The van der Waals surface area contributed by atoms with Gasteiger partial charge in [-0.1, -0.05) is 42.5 Å². The van der Waals surface area contributed by atoms with E-state index in [1.54, 1.807) is 0 Å². The number of carbonyl (C=O) groups excluding carboxylic acids is 1. The molecule has 1 fully saturated rings. The van der Waals surface area contributed by atoms with Gasteiger partial charge in [0.2, 0.25) is 0 Å². The van der Waals surface area contributed by atoms with E-state index in [0.717, 1.165) is 42.3 Å². The summed E-state index contributed by atoms with van der Waals surface area (Å²) in [5, 5.41) is 2.27. The SMILES string of the molecule is CN(C)CCOC(=O)[C@@H](C[C@@H]1CCCO1)c1cccc2ccccc12. The second kappa shape index (κ2) is 8.45. The van der Waals surface area contributed by atoms with Crippen LogP contribution in [0.2, 0.25) is 0 Å². The summed E-state index contributed by atoms with van der Waals surface area (Å²) in [6.07, 6.45) is 2.93. The third-order valence-electron chi connectivity index (χ3n) is 4.79. The van der Waals surface area contributed by atoms with Crippen molar-refractivity contribution in [1.82, 2.24) is 4.90 Å². The zero-order valence-corrected chi connectivity index (χ0v) is 15.1. The Morgan fingerprint density at radius 3 is 2.80 bits per heavy atom. The lowest BCUT2D eigenvalue weighted by Crippen LogP contribution is -2.25. The number of hydrogen-bond acceptors (Lipinski definition) is 4. The molecule has 0 N–H and O–H groups in total. The molecule has 0 spiro atoms. The van der Waals surface area contributed by atoms with Gasteiger partial charge in [-0.2, -0.15) is 0 Å². The average molecular weight is 341 g/mol. The Balaban J connectivity index is 1.85. The molecule has 1 aliphatic rings. The summed E-state index contributed by atoms with van der Waals surface area (Å²) >= 11 is 0. The van der Waals surface area contributed by atoms with Crippen molar-refractivity contribution >= 4 is 16.7 Å². The zero-order valence-electron chi connectivity index (χ0n) is 15.1. The van der Waals surface area contributed by atoms with Crippen molar-refractivity contribution in [2.24, 2.45) is 0 Å². The molecule has 2 atom stereocenters. The van der Waals surface area contributed by atoms with Gasteiger partial charge in [-0.3, -0.25) is 4.79 Å². The number of nitrogens with zero attached hydrogens (tertiary/aromatic N) is 1. The third kappa shape index (κ3) is 4.59. The van der Waals surface area contributed by atoms with Crippen LogP contribution in [0.1, 0.15) is 30.7 Å². The lowest BCUT2D eigenvalue weighted by atomic mass is 9.88. The number of hydrogen-bond donors (Lipinski definition) is 0. The molecule has 0 amide bonds. The largest absolute Gasteiger partial charge is 0.464 e. The van der Waals surface area contributed by atoms with Gasteiger partial charge in [0.05, 0.1) is 12.0 Å². The molecule has 0 bridgehead atoms. The average Bonchev–Trinajstić information content (AvgIpc) is 3.12. The Labute approximate surface area is 149 Å². The van der Waals surface area contributed by atoms with E-state index in [4.69, 9.17) is 9.47 Å². The van der Waals surface area contributed by atoms with Gasteiger partial charge in [-0.15, -0.1) is 0 Å². The molecule has 4 nitrogen and oxygen atoms in total. The molecular weight excluding hydrogens is 314 g/mol. The van der Waals surface area contributed by atoms with Crippen molar-refractivity contribution in [3.8, 4) is 0 Å². The minimum Gasteiger partial charge on any atom is -0.464 e. The smallest absolute Gasteiger partial charge is 0.313 e. The maximum absolute atomic E-state index is 12.9. The number of likely N-dealkylation sites (N-methyl/N-ethyl adjacent to an activating group) is 1. The van der Waals surface area contributed by atoms with Crippen molar-refractivity contribution in [3.63, 3.8) is 0 Å². The maximum atomic E-state index is 12.9. The van der Waals surface area contributed by atoms with Crippen LogP contribution in [0, 0.1) is 0 Å². The Morgan fingerprint density at radius 1 is 1.24 bits per heavy atom. The van der Waals surface area contributed by atoms with E-state index in [9.17, 15) is 4.79 Å². The summed E-state index contributed by atoms with van der Waals surface area (Å²) < 4.78 is 11.4. The van der Waals surface area contributed by atoms with Crippen LogP contribution in [0.15, 0.2) is 42.5 Å². The molecule has 0 radical (unpaired) electrons. The highest BCUT2D eigenvalue weighted by Gasteiger charge is 2.29. The quantitative estimate of drug-likeness (QED) is 0.721. The molecule has 0 aliphatic carbocycles. The van der Waals surface area contributed by atoms with E-state index < -0.39 is 0 Å². The molecule has 1 saturated heterocycles. The van der Waals surface area contributed by atoms with Crippen LogP contribution < -0.4 is 0 Å². The molecule has 0 unspecified atom stereocenters. The predicted octanol–water partition coefficient (Wildman–Crippen LogP) is 3.60. The summed E-state index contributed by atoms with van der Waals surface area (Å²) in [6, 6.07) is 14.4. The summed E-state index contributed by atoms with van der Waals surface area (Å²) in [5.41, 5.74) is 1.04. The molecule has 134 valence electrons. The summed E-state index contributed by atoms with van der Waals surface area (Å²) in [7, 11) is 3.95. The molecule has 2 aromatic carbocycles. The fourth-order valence-electron chi connectivity index (χ4n) is 3.43. The number of carbonyl (C=O) groups is 1. The van der Waals surface area contributed by atoms with Crippen LogP contribution >= 0.6 is 0 Å². The maximum Gasteiger partial charge on any atom is 0.313 e. The van der Waals surface area contributed by atoms with Crippen LogP contribution in [-0.2, 0) is 14.3 Å². The zero-order chi connectivity index (χ0) is 17.6. The second-order valence-electron chi connectivity index (χ2n) is 6.96. The Bertz CT molecular complexity index is 702. The van der Waals surface area contributed by atoms with Gasteiger partial charge in [-0.25, -0.2) is 0 Å². The van der Waals surface area contributed by atoms with Crippen molar-refractivity contribution in [2.75, 3.05) is 33.9 Å². The minimum atomic E-state index is -0.281. The molecule has 2 aromatic rings. The van der Waals surface area contributed by atoms with Crippen molar-refractivity contribution in [2.45, 2.75) is 31.3 Å². The van der Waals surface area contributed by atoms with Crippen LogP contribution in [0.5, 0.6) is 0 Å². The van der Waals surface area contributed by atoms with Gasteiger partial charge in [0.15, 0.2) is 0 Å². The summed E-state index contributed by atoms with van der Waals surface area (Å²) in [6.45, 7) is 1.94. The number of ether oxygens (including phenoxy) is 2. The molecule has 1 aliphatic heterocycles. The Hall–Kier alpha value is -1.91. The first-order valence-electron chi connectivity index (χ1n) is 9.06. The van der Waals surface area contributed by atoms with Crippen LogP contribution in [0.3, 0.4) is 0 Å². The van der Waals surface area contributed by atoms with Crippen molar-refractivity contribution < 1.29 is 14.3 Å². The number of rotatable bonds is 7. The number of benzene rings is 2. The standard InChI is InChI=1S/C21H27NO3/c1-22(2)12-14-25-21(23)20(15-17-9-6-13-24-17)19-11-5-8-16-7-3-4-10-18(16)19/h3-5,7-8,10-11,17,20H,6,9,12-15H2,1-2H3/t17-,20-/m0/s1. The van der Waals surface area contributed by atoms with E-state index in [1.807, 2.05) is 37.2 Å². The van der Waals surface area contributed by atoms with Gasteiger partial charge < -0.3 is 14.4 Å². The molecule has 4 heteroatoms. The molecule has 25 heavy (non-hydrogen) atoms. The number of fused-ring (bicyclic) bond motifs is 1. The van der Waals surface area contributed by atoms with E-state index in [0.29, 0.717) is 13.0 Å². The summed E-state index contributed by atoms with van der Waals surface area (Å²) in [5.74, 6) is -0.426.